The first kappa shape index (κ1) is 14.4. The zero-order valence-electron chi connectivity index (χ0n) is 9.22. The summed E-state index contributed by atoms with van der Waals surface area (Å²) in [7, 11) is 0. The van der Waals surface area contributed by atoms with E-state index in [1.807, 2.05) is 0 Å². The Kier molecular flexibility index (Phi) is 4.26. The lowest BCUT2D eigenvalue weighted by molar-refractivity contribution is -0.138. The van der Waals surface area contributed by atoms with Crippen LogP contribution in [0.5, 0.6) is 5.75 Å². The highest BCUT2D eigenvalue weighted by molar-refractivity contribution is 5.78. The number of carbonyl (C=O) groups excluding carboxylic acids is 1. The van der Waals surface area contributed by atoms with E-state index in [0.717, 1.165) is 19.1 Å². The third kappa shape index (κ3) is 3.97. The molecule has 0 saturated carbocycles. The first-order chi connectivity index (χ1) is 8.20. The molecule has 1 aromatic rings. The molecule has 0 amide bonds. The second kappa shape index (κ2) is 5.32. The minimum absolute atomic E-state index is 0.267. The highest BCUT2D eigenvalue weighted by Gasteiger charge is 2.34. The van der Waals surface area contributed by atoms with Crippen molar-refractivity contribution in [1.29, 1.82) is 0 Å². The van der Waals surface area contributed by atoms with Crippen molar-refractivity contribution in [2.75, 3.05) is 0 Å². The molecule has 0 atom stereocenters. The van der Waals surface area contributed by atoms with Gasteiger partial charge in [0.25, 0.3) is 0 Å². The summed E-state index contributed by atoms with van der Waals surface area (Å²) in [6.45, 7) is -2.06. The van der Waals surface area contributed by atoms with Crippen LogP contribution in [0.1, 0.15) is 18.1 Å². The van der Waals surface area contributed by atoms with Gasteiger partial charge in [0.1, 0.15) is 11.5 Å². The molecule has 0 fully saturated rings. The molecule has 18 heavy (non-hydrogen) atoms. The number of halogens is 5. The first-order valence-corrected chi connectivity index (χ1v) is 4.84. The summed E-state index contributed by atoms with van der Waals surface area (Å²) in [6.07, 6.45) is -5.14. The van der Waals surface area contributed by atoms with E-state index in [1.54, 1.807) is 0 Å². The van der Waals surface area contributed by atoms with E-state index < -0.39 is 36.3 Å². The van der Waals surface area contributed by atoms with Crippen molar-refractivity contribution >= 4 is 5.78 Å². The van der Waals surface area contributed by atoms with Crippen LogP contribution in [-0.2, 0) is 17.4 Å². The van der Waals surface area contributed by atoms with Crippen LogP contribution < -0.4 is 4.74 Å². The van der Waals surface area contributed by atoms with Gasteiger partial charge in [-0.2, -0.15) is 22.0 Å². The lowest BCUT2D eigenvalue weighted by Gasteiger charge is -2.14. The van der Waals surface area contributed by atoms with Crippen LogP contribution in [0.4, 0.5) is 22.0 Å². The maximum absolute atomic E-state index is 12.7. The average Bonchev–Trinajstić information content (AvgIpc) is 2.17. The molecule has 0 heterocycles. The molecule has 0 aromatic heterocycles. The minimum atomic E-state index is -4.73. The van der Waals surface area contributed by atoms with Gasteiger partial charge in [0.05, 0.1) is 5.56 Å². The number of Topliss-reactive ketones (excluding diaryl/α,β-unsaturated/α-hetero) is 1. The summed E-state index contributed by atoms with van der Waals surface area (Å²) in [5, 5.41) is 0. The van der Waals surface area contributed by atoms with Crippen molar-refractivity contribution in [2.24, 2.45) is 0 Å². The zero-order chi connectivity index (χ0) is 13.9. The number of alkyl halides is 5. The predicted molar refractivity (Wildman–Crippen MR) is 52.5 cm³/mol. The van der Waals surface area contributed by atoms with Crippen molar-refractivity contribution in [3.8, 4) is 5.75 Å². The Bertz CT molecular complexity index is 440. The Morgan fingerprint density at radius 1 is 1.33 bits per heavy atom. The van der Waals surface area contributed by atoms with Crippen LogP contribution in [0, 0.1) is 0 Å². The van der Waals surface area contributed by atoms with E-state index in [9.17, 15) is 26.7 Å². The molecule has 2 nitrogen and oxygen atoms in total. The number of rotatable bonds is 4. The van der Waals surface area contributed by atoms with Crippen LogP contribution in [0.2, 0.25) is 0 Å². The Balaban J connectivity index is 3.16. The number of benzene rings is 1. The standard InChI is InChI=1S/C11H9F5O2/c1-6(17)4-7-2-3-8(18-10(12)13)5-9(7)11(14,15)16/h2-3,5,10H,4H2,1H3. The van der Waals surface area contributed by atoms with Gasteiger partial charge < -0.3 is 4.74 Å². The van der Waals surface area contributed by atoms with Crippen LogP contribution in [-0.4, -0.2) is 12.4 Å². The third-order valence-electron chi connectivity index (χ3n) is 2.05. The molecule has 0 N–H and O–H groups in total. The molecule has 0 aliphatic carbocycles. The van der Waals surface area contributed by atoms with Gasteiger partial charge >= 0.3 is 12.8 Å². The fraction of sp³-hybridized carbons (Fsp3) is 0.364. The molecule has 100 valence electrons. The highest BCUT2D eigenvalue weighted by atomic mass is 19.4. The monoisotopic (exact) mass is 268 g/mol. The number of hydrogen-bond acceptors (Lipinski definition) is 2. The van der Waals surface area contributed by atoms with Gasteiger partial charge in [-0.1, -0.05) is 6.07 Å². The minimum Gasteiger partial charge on any atom is -0.435 e. The molecule has 0 bridgehead atoms. The van der Waals surface area contributed by atoms with Gasteiger partial charge in [-0.15, -0.1) is 0 Å². The molecule has 0 saturated heterocycles. The third-order valence-corrected chi connectivity index (χ3v) is 2.05. The molecule has 0 aliphatic rings. The van der Waals surface area contributed by atoms with Gasteiger partial charge in [0.2, 0.25) is 0 Å². The topological polar surface area (TPSA) is 26.3 Å². The molecule has 1 aromatic carbocycles. The van der Waals surface area contributed by atoms with E-state index in [2.05, 4.69) is 4.74 Å². The molecule has 0 radical (unpaired) electrons. The summed E-state index contributed by atoms with van der Waals surface area (Å²) >= 11 is 0. The van der Waals surface area contributed by atoms with E-state index in [4.69, 9.17) is 0 Å². The second-order valence-corrected chi connectivity index (χ2v) is 3.57. The number of hydrogen-bond donors (Lipinski definition) is 0. The molecular formula is C11H9F5O2. The van der Waals surface area contributed by atoms with Gasteiger partial charge in [0.15, 0.2) is 0 Å². The molecule has 0 unspecified atom stereocenters. The fourth-order valence-electron chi connectivity index (χ4n) is 1.42. The van der Waals surface area contributed by atoms with Gasteiger partial charge in [-0.25, -0.2) is 0 Å². The zero-order valence-corrected chi connectivity index (χ0v) is 9.22. The summed E-state index contributed by atoms with van der Waals surface area (Å²) in [4.78, 5) is 10.8. The lowest BCUT2D eigenvalue weighted by Crippen LogP contribution is -2.12. The van der Waals surface area contributed by atoms with Crippen LogP contribution in [0.25, 0.3) is 0 Å². The van der Waals surface area contributed by atoms with Gasteiger partial charge in [-0.3, -0.25) is 4.79 Å². The fourth-order valence-corrected chi connectivity index (χ4v) is 1.42. The van der Waals surface area contributed by atoms with E-state index in [-0.39, 0.29) is 5.56 Å². The first-order valence-electron chi connectivity index (χ1n) is 4.84. The van der Waals surface area contributed by atoms with Gasteiger partial charge in [0, 0.05) is 6.42 Å². The normalized spacial score (nSPS) is 11.7. The summed E-state index contributed by atoms with van der Waals surface area (Å²) < 4.78 is 65.7. The van der Waals surface area contributed by atoms with Crippen LogP contribution in [0.3, 0.4) is 0 Å². The maximum atomic E-state index is 12.7. The summed E-state index contributed by atoms with van der Waals surface area (Å²) in [6, 6.07) is 2.39. The Morgan fingerprint density at radius 3 is 2.39 bits per heavy atom. The molecular weight excluding hydrogens is 259 g/mol. The number of carbonyl (C=O) groups is 1. The van der Waals surface area contributed by atoms with Crippen molar-refractivity contribution in [3.05, 3.63) is 29.3 Å². The van der Waals surface area contributed by atoms with E-state index in [0.29, 0.717) is 6.07 Å². The summed E-state index contributed by atoms with van der Waals surface area (Å²) in [5.41, 5.74) is -1.41. The van der Waals surface area contributed by atoms with Crippen molar-refractivity contribution < 1.29 is 31.5 Å². The average molecular weight is 268 g/mol. The van der Waals surface area contributed by atoms with Gasteiger partial charge in [-0.05, 0) is 24.6 Å². The number of ether oxygens (including phenoxy) is 1. The van der Waals surface area contributed by atoms with Crippen molar-refractivity contribution in [1.82, 2.24) is 0 Å². The summed E-state index contributed by atoms with van der Waals surface area (Å²) in [5.74, 6) is -1.05. The second-order valence-electron chi connectivity index (χ2n) is 3.57. The van der Waals surface area contributed by atoms with E-state index in [1.165, 1.54) is 0 Å². The van der Waals surface area contributed by atoms with E-state index >= 15 is 0 Å². The SMILES string of the molecule is CC(=O)Cc1ccc(OC(F)F)cc1C(F)(F)F. The Morgan fingerprint density at radius 2 is 1.94 bits per heavy atom. The largest absolute Gasteiger partial charge is 0.435 e. The number of ketones is 1. The maximum Gasteiger partial charge on any atom is 0.416 e. The molecule has 1 rings (SSSR count). The van der Waals surface area contributed by atoms with Crippen LogP contribution >= 0.6 is 0 Å². The molecule has 0 spiro atoms. The lowest BCUT2D eigenvalue weighted by atomic mass is 10.0. The quantitative estimate of drug-likeness (QED) is 0.782. The highest BCUT2D eigenvalue weighted by Crippen LogP contribution is 2.35. The Labute approximate surface area is 99.4 Å². The van der Waals surface area contributed by atoms with Crippen LogP contribution in [0.15, 0.2) is 18.2 Å². The Hall–Kier alpha value is -1.66. The predicted octanol–water partition coefficient (Wildman–Crippen LogP) is 3.44. The van der Waals surface area contributed by atoms with Crippen molar-refractivity contribution in [2.45, 2.75) is 26.1 Å². The van der Waals surface area contributed by atoms with Crippen molar-refractivity contribution in [3.63, 3.8) is 0 Å². The smallest absolute Gasteiger partial charge is 0.416 e. The molecule has 7 heteroatoms. The molecule has 0 aliphatic heterocycles.